The minimum atomic E-state index is -0.235. The van der Waals surface area contributed by atoms with Crippen LogP contribution in [0.3, 0.4) is 0 Å². The average molecular weight is 264 g/mol. The summed E-state index contributed by atoms with van der Waals surface area (Å²) in [7, 11) is 0. The minimum absolute atomic E-state index is 0.0963. The molecule has 98 valence electrons. The molecule has 5 heteroatoms. The van der Waals surface area contributed by atoms with Crippen LogP contribution in [0.5, 0.6) is 0 Å². The van der Waals surface area contributed by atoms with Gasteiger partial charge in [0.15, 0.2) is 5.65 Å². The van der Waals surface area contributed by atoms with Gasteiger partial charge in [-0.2, -0.15) is 4.98 Å². The van der Waals surface area contributed by atoms with Crippen LogP contribution in [0.25, 0.3) is 22.3 Å². The Morgan fingerprint density at radius 2 is 1.90 bits per heavy atom. The van der Waals surface area contributed by atoms with E-state index in [9.17, 15) is 4.79 Å². The number of nitrogen functional groups attached to an aromatic ring is 1. The van der Waals surface area contributed by atoms with E-state index in [1.165, 1.54) is 5.56 Å². The van der Waals surface area contributed by atoms with Crippen LogP contribution in [0.4, 0.5) is 5.95 Å². The zero-order chi connectivity index (χ0) is 13.7. The summed E-state index contributed by atoms with van der Waals surface area (Å²) in [5.74, 6) is 0.0963. The molecular weight excluding hydrogens is 252 g/mol. The lowest BCUT2D eigenvalue weighted by atomic mass is 9.89. The number of aromatic amines is 1. The van der Waals surface area contributed by atoms with Crippen molar-refractivity contribution in [3.05, 3.63) is 51.8 Å². The first-order valence-electron chi connectivity index (χ1n) is 6.50. The zero-order valence-corrected chi connectivity index (χ0v) is 10.7. The van der Waals surface area contributed by atoms with E-state index < -0.39 is 0 Å². The van der Waals surface area contributed by atoms with Crippen molar-refractivity contribution in [3.8, 4) is 11.3 Å². The molecule has 0 saturated carbocycles. The summed E-state index contributed by atoms with van der Waals surface area (Å²) in [6.07, 6.45) is 1.86. The number of aryl methyl sites for hydroxylation is 2. The van der Waals surface area contributed by atoms with Gasteiger partial charge in [0.1, 0.15) is 0 Å². The molecule has 5 nitrogen and oxygen atoms in total. The SMILES string of the molecule is Nc1nc2nc3c(cc2c(=O)[nH]1)CCc1ccccc1-3. The molecule has 20 heavy (non-hydrogen) atoms. The number of nitrogens with one attached hydrogen (secondary N) is 1. The summed E-state index contributed by atoms with van der Waals surface area (Å²) >= 11 is 0. The summed E-state index contributed by atoms with van der Waals surface area (Å²) in [5.41, 5.74) is 10.2. The number of nitrogens with two attached hydrogens (primary N) is 1. The summed E-state index contributed by atoms with van der Waals surface area (Å²) in [6.45, 7) is 0. The number of hydrogen-bond acceptors (Lipinski definition) is 4. The molecule has 2 heterocycles. The van der Waals surface area contributed by atoms with E-state index in [2.05, 4.69) is 27.1 Å². The standard InChI is InChI=1S/C15H12N4O/c16-15-18-13-11(14(20)19-15)7-9-6-5-8-3-1-2-4-10(8)12(9)17-13/h1-4,7H,5-6H2,(H3,16,17,18,19,20). The van der Waals surface area contributed by atoms with Crippen molar-refractivity contribution in [1.82, 2.24) is 15.0 Å². The van der Waals surface area contributed by atoms with E-state index in [0.29, 0.717) is 11.0 Å². The van der Waals surface area contributed by atoms with Gasteiger partial charge in [-0.1, -0.05) is 24.3 Å². The predicted molar refractivity (Wildman–Crippen MR) is 77.4 cm³/mol. The molecule has 0 spiro atoms. The quantitative estimate of drug-likeness (QED) is 0.646. The molecule has 0 atom stereocenters. The fourth-order valence-corrected chi connectivity index (χ4v) is 2.79. The topological polar surface area (TPSA) is 84.7 Å². The number of pyridine rings is 1. The molecule has 0 aliphatic heterocycles. The molecule has 0 bridgehead atoms. The molecule has 1 aliphatic carbocycles. The third-order valence-electron chi connectivity index (χ3n) is 3.73. The number of benzene rings is 1. The van der Waals surface area contributed by atoms with Crippen molar-refractivity contribution >= 4 is 17.0 Å². The van der Waals surface area contributed by atoms with Crippen LogP contribution >= 0.6 is 0 Å². The highest BCUT2D eigenvalue weighted by Gasteiger charge is 2.19. The molecule has 4 rings (SSSR count). The van der Waals surface area contributed by atoms with Crippen LogP contribution in [0.15, 0.2) is 35.1 Å². The number of nitrogens with zero attached hydrogens (tertiary/aromatic N) is 2. The van der Waals surface area contributed by atoms with Crippen molar-refractivity contribution in [2.75, 3.05) is 5.73 Å². The average Bonchev–Trinajstić information content (AvgIpc) is 2.45. The van der Waals surface area contributed by atoms with Crippen LogP contribution in [0, 0.1) is 0 Å². The second-order valence-electron chi connectivity index (χ2n) is 4.98. The minimum Gasteiger partial charge on any atom is -0.369 e. The van der Waals surface area contributed by atoms with Crippen LogP contribution in [0.1, 0.15) is 11.1 Å². The number of aromatic nitrogens is 3. The summed E-state index contributed by atoms with van der Waals surface area (Å²) in [5, 5.41) is 0.498. The number of H-pyrrole nitrogens is 1. The Kier molecular flexibility index (Phi) is 2.18. The lowest BCUT2D eigenvalue weighted by Gasteiger charge is -2.18. The Morgan fingerprint density at radius 3 is 2.80 bits per heavy atom. The first-order chi connectivity index (χ1) is 9.72. The Labute approximate surface area is 114 Å². The second kappa shape index (κ2) is 3.90. The lowest BCUT2D eigenvalue weighted by Crippen LogP contribution is -2.14. The van der Waals surface area contributed by atoms with Crippen LogP contribution in [-0.4, -0.2) is 15.0 Å². The molecule has 3 aromatic rings. The van der Waals surface area contributed by atoms with Crippen LogP contribution in [0.2, 0.25) is 0 Å². The highest BCUT2D eigenvalue weighted by Crippen LogP contribution is 2.32. The zero-order valence-electron chi connectivity index (χ0n) is 10.7. The van der Waals surface area contributed by atoms with E-state index in [0.717, 1.165) is 29.7 Å². The van der Waals surface area contributed by atoms with Crippen LogP contribution < -0.4 is 11.3 Å². The third-order valence-corrected chi connectivity index (χ3v) is 3.73. The van der Waals surface area contributed by atoms with Crippen molar-refractivity contribution in [2.45, 2.75) is 12.8 Å². The van der Waals surface area contributed by atoms with Crippen molar-refractivity contribution in [1.29, 1.82) is 0 Å². The van der Waals surface area contributed by atoms with Gasteiger partial charge in [0.2, 0.25) is 5.95 Å². The number of anilines is 1. The number of rotatable bonds is 0. The maximum atomic E-state index is 11.9. The van der Waals surface area contributed by atoms with E-state index in [-0.39, 0.29) is 11.5 Å². The molecule has 0 radical (unpaired) electrons. The van der Waals surface area contributed by atoms with Gasteiger partial charge in [-0.25, -0.2) is 4.98 Å². The fourth-order valence-electron chi connectivity index (χ4n) is 2.79. The molecule has 1 aromatic carbocycles. The Morgan fingerprint density at radius 1 is 1.10 bits per heavy atom. The third kappa shape index (κ3) is 1.53. The summed E-state index contributed by atoms with van der Waals surface area (Å²) in [6, 6.07) is 10.1. The Balaban J connectivity index is 2.09. The molecule has 0 saturated heterocycles. The molecular formula is C15H12N4O. The lowest BCUT2D eigenvalue weighted by molar-refractivity contribution is 0.930. The second-order valence-corrected chi connectivity index (χ2v) is 4.98. The predicted octanol–water partition coefficient (Wildman–Crippen LogP) is 1.67. The Hall–Kier alpha value is -2.69. The number of hydrogen-bond donors (Lipinski definition) is 2. The smallest absolute Gasteiger partial charge is 0.261 e. The molecule has 0 unspecified atom stereocenters. The first kappa shape index (κ1) is 11.2. The number of fused-ring (bicyclic) bond motifs is 4. The van der Waals surface area contributed by atoms with Crippen molar-refractivity contribution in [2.24, 2.45) is 0 Å². The highest BCUT2D eigenvalue weighted by molar-refractivity contribution is 5.82. The van der Waals surface area contributed by atoms with Gasteiger partial charge in [0.25, 0.3) is 5.56 Å². The maximum absolute atomic E-state index is 11.9. The van der Waals surface area contributed by atoms with Gasteiger partial charge >= 0.3 is 0 Å². The van der Waals surface area contributed by atoms with Gasteiger partial charge in [0, 0.05) is 5.56 Å². The highest BCUT2D eigenvalue weighted by atomic mass is 16.1. The summed E-state index contributed by atoms with van der Waals surface area (Å²) < 4.78 is 0. The monoisotopic (exact) mass is 264 g/mol. The largest absolute Gasteiger partial charge is 0.369 e. The molecule has 1 aliphatic rings. The Bertz CT molecular complexity index is 898. The molecule has 3 N–H and O–H groups in total. The molecule has 2 aromatic heterocycles. The van der Waals surface area contributed by atoms with Crippen molar-refractivity contribution in [3.63, 3.8) is 0 Å². The normalized spacial score (nSPS) is 13.0. The van der Waals surface area contributed by atoms with E-state index in [1.54, 1.807) is 0 Å². The summed E-state index contributed by atoms with van der Waals surface area (Å²) in [4.78, 5) is 23.1. The first-order valence-corrected chi connectivity index (χ1v) is 6.50. The van der Waals surface area contributed by atoms with E-state index in [4.69, 9.17) is 5.73 Å². The van der Waals surface area contributed by atoms with Gasteiger partial charge in [-0.15, -0.1) is 0 Å². The van der Waals surface area contributed by atoms with E-state index >= 15 is 0 Å². The molecule has 0 fully saturated rings. The van der Waals surface area contributed by atoms with Gasteiger partial charge in [-0.3, -0.25) is 9.78 Å². The van der Waals surface area contributed by atoms with Crippen molar-refractivity contribution < 1.29 is 0 Å². The fraction of sp³-hybridized carbons (Fsp3) is 0.133. The van der Waals surface area contributed by atoms with Gasteiger partial charge in [0.05, 0.1) is 11.1 Å². The maximum Gasteiger partial charge on any atom is 0.261 e. The van der Waals surface area contributed by atoms with E-state index in [1.807, 2.05) is 18.2 Å². The van der Waals surface area contributed by atoms with Crippen LogP contribution in [-0.2, 0) is 12.8 Å². The molecule has 0 amide bonds. The van der Waals surface area contributed by atoms with Gasteiger partial charge < -0.3 is 5.73 Å². The van der Waals surface area contributed by atoms with Gasteiger partial charge in [-0.05, 0) is 30.0 Å².